The van der Waals surface area contributed by atoms with Crippen LogP contribution in [0.15, 0.2) is 18.2 Å². The predicted octanol–water partition coefficient (Wildman–Crippen LogP) is 1.95. The molecule has 17 heavy (non-hydrogen) atoms. The average Bonchev–Trinajstić information content (AvgIpc) is 2.31. The van der Waals surface area contributed by atoms with Crippen molar-refractivity contribution < 1.29 is 9.18 Å². The molecule has 0 saturated carbocycles. The molecule has 4 heteroatoms. The quantitative estimate of drug-likeness (QED) is 0.721. The largest absolute Gasteiger partial charge is 0.378 e. The number of fused-ring (bicyclic) bond motifs is 1. The van der Waals surface area contributed by atoms with Gasteiger partial charge in [0.05, 0.1) is 0 Å². The van der Waals surface area contributed by atoms with Gasteiger partial charge in [-0.3, -0.25) is 4.79 Å². The standard InChI is InChI=1S/C13H15FN2O/c14-9-1-2-11-10(7-9)12(17)8-13(16-11)3-5-15-6-4-13/h1-2,7,15-16H,3-6,8H2. The molecule has 2 aliphatic rings. The Morgan fingerprint density at radius 1 is 1.24 bits per heavy atom. The van der Waals surface area contributed by atoms with Crippen LogP contribution in [0.2, 0.25) is 0 Å². The number of benzene rings is 1. The molecule has 1 fully saturated rings. The summed E-state index contributed by atoms with van der Waals surface area (Å²) in [5.41, 5.74) is 1.16. The van der Waals surface area contributed by atoms with Gasteiger partial charge in [0.15, 0.2) is 5.78 Å². The summed E-state index contributed by atoms with van der Waals surface area (Å²) in [4.78, 5) is 12.1. The van der Waals surface area contributed by atoms with E-state index in [1.807, 2.05) is 0 Å². The maximum absolute atomic E-state index is 13.1. The van der Waals surface area contributed by atoms with Gasteiger partial charge in [-0.15, -0.1) is 0 Å². The van der Waals surface area contributed by atoms with Crippen LogP contribution >= 0.6 is 0 Å². The van der Waals surface area contributed by atoms with Gasteiger partial charge >= 0.3 is 0 Å². The summed E-state index contributed by atoms with van der Waals surface area (Å²) in [5.74, 6) is -0.291. The lowest BCUT2D eigenvalue weighted by atomic mass is 9.79. The summed E-state index contributed by atoms with van der Waals surface area (Å²) in [7, 11) is 0. The van der Waals surface area contributed by atoms with Crippen LogP contribution in [0.4, 0.5) is 10.1 Å². The van der Waals surface area contributed by atoms with Crippen LogP contribution in [0, 0.1) is 5.82 Å². The summed E-state index contributed by atoms with van der Waals surface area (Å²) < 4.78 is 13.1. The molecule has 0 atom stereocenters. The van der Waals surface area contributed by atoms with Gasteiger partial charge in [0, 0.05) is 23.2 Å². The number of nitrogens with one attached hydrogen (secondary N) is 2. The Hall–Kier alpha value is -1.42. The van der Waals surface area contributed by atoms with Crippen molar-refractivity contribution in [1.29, 1.82) is 0 Å². The van der Waals surface area contributed by atoms with E-state index in [2.05, 4.69) is 10.6 Å². The summed E-state index contributed by atoms with van der Waals surface area (Å²) in [6, 6.07) is 4.41. The minimum absolute atomic E-state index is 0.0557. The maximum atomic E-state index is 13.1. The number of ketones is 1. The molecule has 0 bridgehead atoms. The predicted molar refractivity (Wildman–Crippen MR) is 63.8 cm³/mol. The first-order valence-electron chi connectivity index (χ1n) is 6.00. The van der Waals surface area contributed by atoms with Gasteiger partial charge in [-0.05, 0) is 44.1 Å². The van der Waals surface area contributed by atoms with Crippen LogP contribution in [0.25, 0.3) is 0 Å². The third-order valence-corrected chi connectivity index (χ3v) is 3.74. The molecule has 1 aromatic rings. The lowest BCUT2D eigenvalue weighted by Crippen LogP contribution is -2.51. The van der Waals surface area contributed by atoms with Crippen molar-refractivity contribution >= 4 is 11.5 Å². The molecule has 0 aromatic heterocycles. The normalized spacial score (nSPS) is 22.1. The summed E-state index contributed by atoms with van der Waals surface area (Å²) in [5, 5.41) is 6.74. The van der Waals surface area contributed by atoms with Crippen molar-refractivity contribution in [1.82, 2.24) is 5.32 Å². The lowest BCUT2D eigenvalue weighted by molar-refractivity contribution is 0.0937. The fraction of sp³-hybridized carbons (Fsp3) is 0.462. The second-order valence-electron chi connectivity index (χ2n) is 4.95. The van der Waals surface area contributed by atoms with Crippen LogP contribution in [-0.2, 0) is 0 Å². The van der Waals surface area contributed by atoms with Crippen molar-refractivity contribution in [3.05, 3.63) is 29.6 Å². The molecule has 2 heterocycles. The number of Topliss-reactive ketones (excluding diaryl/α,β-unsaturated/α-hetero) is 1. The Morgan fingerprint density at radius 3 is 2.76 bits per heavy atom. The molecule has 2 aliphatic heterocycles. The Balaban J connectivity index is 1.97. The monoisotopic (exact) mass is 234 g/mol. The topological polar surface area (TPSA) is 41.1 Å². The van der Waals surface area contributed by atoms with Gasteiger partial charge in [-0.2, -0.15) is 0 Å². The molecule has 1 saturated heterocycles. The maximum Gasteiger partial charge on any atom is 0.167 e. The first-order chi connectivity index (χ1) is 8.19. The minimum atomic E-state index is -0.347. The number of piperidine rings is 1. The van der Waals surface area contributed by atoms with Crippen LogP contribution in [0.1, 0.15) is 29.6 Å². The van der Waals surface area contributed by atoms with E-state index in [0.717, 1.165) is 31.6 Å². The molecule has 90 valence electrons. The number of anilines is 1. The number of hydrogen-bond acceptors (Lipinski definition) is 3. The number of halogens is 1. The highest BCUT2D eigenvalue weighted by molar-refractivity contribution is 6.04. The molecule has 1 aromatic carbocycles. The van der Waals surface area contributed by atoms with Gasteiger partial charge in [0.2, 0.25) is 0 Å². The zero-order valence-corrected chi connectivity index (χ0v) is 9.55. The number of carbonyl (C=O) groups excluding carboxylic acids is 1. The summed E-state index contributed by atoms with van der Waals surface area (Å²) >= 11 is 0. The molecule has 2 N–H and O–H groups in total. The highest BCUT2D eigenvalue weighted by atomic mass is 19.1. The van der Waals surface area contributed by atoms with E-state index in [1.165, 1.54) is 12.1 Å². The van der Waals surface area contributed by atoms with E-state index in [0.29, 0.717) is 12.0 Å². The smallest absolute Gasteiger partial charge is 0.167 e. The van der Waals surface area contributed by atoms with E-state index in [9.17, 15) is 9.18 Å². The van der Waals surface area contributed by atoms with E-state index >= 15 is 0 Å². The average molecular weight is 234 g/mol. The fourth-order valence-corrected chi connectivity index (χ4v) is 2.80. The van der Waals surface area contributed by atoms with Gasteiger partial charge in [0.1, 0.15) is 5.82 Å². The lowest BCUT2D eigenvalue weighted by Gasteiger charge is -2.42. The van der Waals surface area contributed by atoms with Gasteiger partial charge in [-0.1, -0.05) is 0 Å². The van der Waals surface area contributed by atoms with Crippen molar-refractivity contribution in [2.24, 2.45) is 0 Å². The van der Waals surface area contributed by atoms with Gasteiger partial charge in [-0.25, -0.2) is 4.39 Å². The molecular weight excluding hydrogens is 219 g/mol. The number of rotatable bonds is 0. The van der Waals surface area contributed by atoms with Crippen molar-refractivity contribution in [3.8, 4) is 0 Å². The SMILES string of the molecule is O=C1CC2(CCNCC2)Nc2ccc(F)cc21. The summed E-state index contributed by atoms with van der Waals surface area (Å²) in [6.45, 7) is 1.85. The van der Waals surface area contributed by atoms with E-state index in [1.54, 1.807) is 6.07 Å². The molecule has 3 nitrogen and oxygen atoms in total. The third kappa shape index (κ3) is 1.82. The molecular formula is C13H15FN2O. The number of carbonyl (C=O) groups is 1. The Kier molecular flexibility index (Phi) is 2.40. The number of hydrogen-bond donors (Lipinski definition) is 2. The Bertz CT molecular complexity index is 466. The molecule has 0 radical (unpaired) electrons. The first kappa shape index (κ1) is 10.7. The molecule has 0 amide bonds. The van der Waals surface area contributed by atoms with Crippen LogP contribution < -0.4 is 10.6 Å². The third-order valence-electron chi connectivity index (χ3n) is 3.74. The summed E-state index contributed by atoms with van der Waals surface area (Å²) in [6.07, 6.45) is 2.36. The minimum Gasteiger partial charge on any atom is -0.378 e. The first-order valence-corrected chi connectivity index (χ1v) is 6.00. The zero-order valence-electron chi connectivity index (χ0n) is 9.55. The van der Waals surface area contributed by atoms with Crippen molar-refractivity contribution in [2.75, 3.05) is 18.4 Å². The van der Waals surface area contributed by atoms with Crippen LogP contribution in [-0.4, -0.2) is 24.4 Å². The Labute approximate surface area is 99.4 Å². The van der Waals surface area contributed by atoms with Crippen molar-refractivity contribution in [2.45, 2.75) is 24.8 Å². The second kappa shape index (κ2) is 3.81. The highest BCUT2D eigenvalue weighted by Crippen LogP contribution is 2.36. The molecule has 0 unspecified atom stereocenters. The van der Waals surface area contributed by atoms with E-state index in [-0.39, 0.29) is 17.1 Å². The molecule has 3 rings (SSSR count). The Morgan fingerprint density at radius 2 is 2.00 bits per heavy atom. The highest BCUT2D eigenvalue weighted by Gasteiger charge is 2.38. The van der Waals surface area contributed by atoms with Gasteiger partial charge < -0.3 is 10.6 Å². The van der Waals surface area contributed by atoms with Gasteiger partial charge in [0.25, 0.3) is 0 Å². The fourth-order valence-electron chi connectivity index (χ4n) is 2.80. The van der Waals surface area contributed by atoms with E-state index < -0.39 is 0 Å². The van der Waals surface area contributed by atoms with Crippen LogP contribution in [0.5, 0.6) is 0 Å². The van der Waals surface area contributed by atoms with Crippen LogP contribution in [0.3, 0.4) is 0 Å². The van der Waals surface area contributed by atoms with E-state index in [4.69, 9.17) is 0 Å². The zero-order chi connectivity index (χ0) is 11.9. The molecule has 1 spiro atoms. The molecule has 0 aliphatic carbocycles. The second-order valence-corrected chi connectivity index (χ2v) is 4.95. The van der Waals surface area contributed by atoms with Crippen molar-refractivity contribution in [3.63, 3.8) is 0 Å².